The first-order valence-electron chi connectivity index (χ1n) is 8.47. The third-order valence-corrected chi connectivity index (χ3v) is 3.56. The van der Waals surface area contributed by atoms with E-state index in [9.17, 15) is 14.4 Å². The van der Waals surface area contributed by atoms with Crippen molar-refractivity contribution in [1.29, 1.82) is 0 Å². The zero-order valence-electron chi connectivity index (χ0n) is 15.3. The van der Waals surface area contributed by atoms with Crippen LogP contribution < -0.4 is 5.32 Å². The molecule has 0 aliphatic carbocycles. The van der Waals surface area contributed by atoms with Crippen molar-refractivity contribution in [2.24, 2.45) is 0 Å². The van der Waals surface area contributed by atoms with E-state index >= 15 is 0 Å². The largest absolute Gasteiger partial charge is 0.508 e. The van der Waals surface area contributed by atoms with E-state index in [4.69, 9.17) is 14.2 Å². The van der Waals surface area contributed by atoms with E-state index in [0.717, 1.165) is 18.2 Å². The number of hydrogen-bond donors (Lipinski definition) is 1. The van der Waals surface area contributed by atoms with Crippen LogP contribution in [-0.2, 0) is 37.0 Å². The monoisotopic (exact) mass is 387 g/mol. The zero-order chi connectivity index (χ0) is 20.2. The minimum Gasteiger partial charge on any atom is -0.467 e. The predicted octanol–water partition coefficient (Wildman–Crippen LogP) is 2.81. The molecule has 2 aromatic rings. The first-order valence-corrected chi connectivity index (χ1v) is 8.47. The molecular weight excluding hydrogens is 366 g/mol. The van der Waals surface area contributed by atoms with Gasteiger partial charge < -0.3 is 24.3 Å². The molecule has 8 heteroatoms. The van der Waals surface area contributed by atoms with Gasteiger partial charge >= 0.3 is 18.2 Å². The Morgan fingerprint density at radius 3 is 1.89 bits per heavy atom. The molecule has 0 fully saturated rings. The summed E-state index contributed by atoms with van der Waals surface area (Å²) >= 11 is 0. The van der Waals surface area contributed by atoms with E-state index in [-0.39, 0.29) is 13.2 Å². The molecule has 0 bridgehead atoms. The normalized spacial score (nSPS) is 11.0. The molecule has 2 aromatic carbocycles. The summed E-state index contributed by atoms with van der Waals surface area (Å²) < 4.78 is 19.5. The van der Waals surface area contributed by atoms with Crippen LogP contribution in [0.25, 0.3) is 0 Å². The predicted molar refractivity (Wildman–Crippen MR) is 98.1 cm³/mol. The average molecular weight is 387 g/mol. The van der Waals surface area contributed by atoms with Gasteiger partial charge in [0.15, 0.2) is 6.04 Å². The summed E-state index contributed by atoms with van der Waals surface area (Å²) in [5.41, 5.74) is 1.57. The van der Waals surface area contributed by atoms with Crippen molar-refractivity contribution in [2.75, 3.05) is 13.7 Å². The molecule has 0 saturated carbocycles. The van der Waals surface area contributed by atoms with Gasteiger partial charge in [-0.15, -0.1) is 0 Å². The lowest BCUT2D eigenvalue weighted by Gasteiger charge is -2.16. The number of esters is 1. The molecule has 0 aliphatic rings. The van der Waals surface area contributed by atoms with Gasteiger partial charge in [0.1, 0.15) is 19.8 Å². The minimum absolute atomic E-state index is 0.0229. The van der Waals surface area contributed by atoms with Crippen LogP contribution in [0.2, 0.25) is 0 Å². The summed E-state index contributed by atoms with van der Waals surface area (Å²) in [5, 5.41) is 2.30. The number of nitrogens with one attached hydrogen (secondary N) is 1. The fraction of sp³-hybridized carbons (Fsp3) is 0.250. The lowest BCUT2D eigenvalue weighted by atomic mass is 10.2. The van der Waals surface area contributed by atoms with Crippen LogP contribution in [0.5, 0.6) is 0 Å². The van der Waals surface area contributed by atoms with E-state index in [1.165, 1.54) is 0 Å². The molecule has 0 aliphatic heterocycles. The Hall–Kier alpha value is -3.55. The van der Waals surface area contributed by atoms with Crippen LogP contribution >= 0.6 is 0 Å². The highest BCUT2D eigenvalue weighted by Gasteiger charge is 2.24. The summed E-state index contributed by atoms with van der Waals surface area (Å²) in [7, 11) is 1.15. The first kappa shape index (κ1) is 20.8. The van der Waals surface area contributed by atoms with Crippen molar-refractivity contribution < 1.29 is 33.3 Å². The zero-order valence-corrected chi connectivity index (χ0v) is 15.3. The molecule has 0 spiro atoms. The third-order valence-electron chi connectivity index (χ3n) is 3.56. The van der Waals surface area contributed by atoms with Crippen molar-refractivity contribution in [3.63, 3.8) is 0 Å². The number of carbonyl (C=O) groups excluding carboxylic acids is 3. The molecule has 0 aromatic heterocycles. The average Bonchev–Trinajstić information content (AvgIpc) is 2.74. The number of alkyl carbamates (subject to hydrolysis) is 1. The molecule has 148 valence electrons. The van der Waals surface area contributed by atoms with Crippen LogP contribution in [0.15, 0.2) is 60.7 Å². The summed E-state index contributed by atoms with van der Waals surface area (Å²) in [6.45, 7) is -0.406. The number of benzene rings is 2. The van der Waals surface area contributed by atoms with Crippen LogP contribution in [0.1, 0.15) is 11.1 Å². The third kappa shape index (κ3) is 7.36. The Kier molecular flexibility index (Phi) is 8.32. The second-order valence-corrected chi connectivity index (χ2v) is 5.62. The van der Waals surface area contributed by atoms with E-state index in [1.54, 1.807) is 24.3 Å². The Bertz CT molecular complexity index is 765. The van der Waals surface area contributed by atoms with Crippen molar-refractivity contribution in [3.8, 4) is 0 Å². The number of methoxy groups -OCH3 is 1. The summed E-state index contributed by atoms with van der Waals surface area (Å²) in [6, 6.07) is 16.8. The van der Waals surface area contributed by atoms with Gasteiger partial charge in [0.25, 0.3) is 0 Å². The standard InChI is InChI=1S/C20H21NO7/c1-25-18(22)17(21-19(23)26-12-15-8-4-2-5-9-15)14-28-20(24)27-13-16-10-6-3-7-11-16/h2-11,17H,12-14H2,1H3,(H,21,23)/t17-/m0/s1. The van der Waals surface area contributed by atoms with Gasteiger partial charge in [-0.3, -0.25) is 0 Å². The SMILES string of the molecule is COC(=O)[C@H](COC(=O)OCc1ccccc1)NC(=O)OCc1ccccc1. The Morgan fingerprint density at radius 1 is 0.821 bits per heavy atom. The fourth-order valence-corrected chi connectivity index (χ4v) is 2.13. The maximum Gasteiger partial charge on any atom is 0.508 e. The molecule has 0 unspecified atom stereocenters. The van der Waals surface area contributed by atoms with Crippen molar-refractivity contribution in [3.05, 3.63) is 71.8 Å². The summed E-state index contributed by atoms with van der Waals surface area (Å²) in [4.78, 5) is 35.4. The smallest absolute Gasteiger partial charge is 0.467 e. The minimum atomic E-state index is -1.22. The molecule has 2 rings (SSSR count). The van der Waals surface area contributed by atoms with Gasteiger partial charge in [-0.05, 0) is 11.1 Å². The van der Waals surface area contributed by atoms with E-state index in [0.29, 0.717) is 0 Å². The molecule has 1 N–H and O–H groups in total. The molecular formula is C20H21NO7. The molecule has 0 heterocycles. The van der Waals surface area contributed by atoms with Gasteiger partial charge in [0, 0.05) is 0 Å². The van der Waals surface area contributed by atoms with Crippen LogP contribution in [0, 0.1) is 0 Å². The van der Waals surface area contributed by atoms with Gasteiger partial charge in [-0.25, -0.2) is 14.4 Å². The fourth-order valence-electron chi connectivity index (χ4n) is 2.13. The summed E-state index contributed by atoms with van der Waals surface area (Å²) in [6.07, 6.45) is -1.82. The Morgan fingerprint density at radius 2 is 1.36 bits per heavy atom. The summed E-state index contributed by atoms with van der Waals surface area (Å²) in [5.74, 6) is -0.785. The van der Waals surface area contributed by atoms with Crippen molar-refractivity contribution >= 4 is 18.2 Å². The van der Waals surface area contributed by atoms with Gasteiger partial charge in [-0.2, -0.15) is 0 Å². The van der Waals surface area contributed by atoms with E-state index in [2.05, 4.69) is 10.1 Å². The number of hydrogen-bond acceptors (Lipinski definition) is 7. The number of rotatable bonds is 8. The van der Waals surface area contributed by atoms with Crippen LogP contribution in [0.3, 0.4) is 0 Å². The van der Waals surface area contributed by atoms with E-state index < -0.39 is 30.9 Å². The second-order valence-electron chi connectivity index (χ2n) is 5.62. The van der Waals surface area contributed by atoms with Gasteiger partial charge in [-0.1, -0.05) is 60.7 Å². The molecule has 28 heavy (non-hydrogen) atoms. The molecule has 0 radical (unpaired) electrons. The quantitative estimate of drug-likeness (QED) is 0.549. The van der Waals surface area contributed by atoms with Gasteiger partial charge in [0.2, 0.25) is 0 Å². The Labute approximate surface area is 162 Å². The maximum atomic E-state index is 11.9. The number of ether oxygens (including phenoxy) is 4. The van der Waals surface area contributed by atoms with Crippen LogP contribution in [-0.4, -0.2) is 38.0 Å². The number of amides is 1. The first-order chi connectivity index (χ1) is 13.6. The molecule has 0 saturated heterocycles. The maximum absolute atomic E-state index is 11.9. The van der Waals surface area contributed by atoms with Crippen molar-refractivity contribution in [1.82, 2.24) is 5.32 Å². The lowest BCUT2D eigenvalue weighted by molar-refractivity contribution is -0.144. The van der Waals surface area contributed by atoms with Gasteiger partial charge in [0.05, 0.1) is 7.11 Å². The van der Waals surface area contributed by atoms with E-state index in [1.807, 2.05) is 36.4 Å². The lowest BCUT2D eigenvalue weighted by Crippen LogP contribution is -2.45. The molecule has 1 amide bonds. The second kappa shape index (κ2) is 11.2. The highest BCUT2D eigenvalue weighted by atomic mass is 16.7. The highest BCUT2D eigenvalue weighted by molar-refractivity contribution is 5.81. The van der Waals surface area contributed by atoms with Crippen LogP contribution in [0.4, 0.5) is 9.59 Å². The topological polar surface area (TPSA) is 100 Å². The van der Waals surface area contributed by atoms with Crippen molar-refractivity contribution in [2.45, 2.75) is 19.3 Å². The number of carbonyl (C=O) groups is 3. The molecule has 8 nitrogen and oxygen atoms in total. The Balaban J connectivity index is 1.77. The highest BCUT2D eigenvalue weighted by Crippen LogP contribution is 2.03. The molecule has 1 atom stereocenters.